The zero-order chi connectivity index (χ0) is 12.8. The summed E-state index contributed by atoms with van der Waals surface area (Å²) in [7, 11) is 0. The molecule has 2 aromatic heterocycles. The number of hydrogen-bond donors (Lipinski definition) is 1. The van der Waals surface area contributed by atoms with Crippen LogP contribution in [-0.2, 0) is 11.3 Å². The fourth-order valence-corrected chi connectivity index (χ4v) is 1.58. The minimum absolute atomic E-state index is 0.0303. The number of amides is 1. The van der Waals surface area contributed by atoms with Gasteiger partial charge in [0.25, 0.3) is 0 Å². The number of carbonyl (C=O) groups excluding carboxylic acids is 1. The first-order valence-electron chi connectivity index (χ1n) is 5.88. The van der Waals surface area contributed by atoms with E-state index < -0.39 is 0 Å². The summed E-state index contributed by atoms with van der Waals surface area (Å²) in [5.74, 6) is -0.0303. The van der Waals surface area contributed by atoms with Crippen molar-refractivity contribution in [2.24, 2.45) is 0 Å². The Kier molecular flexibility index (Phi) is 4.06. The van der Waals surface area contributed by atoms with Crippen molar-refractivity contribution in [3.8, 4) is 0 Å². The Labute approximate surface area is 105 Å². The van der Waals surface area contributed by atoms with Gasteiger partial charge in [0.15, 0.2) is 0 Å². The van der Waals surface area contributed by atoms with Gasteiger partial charge in [0.05, 0.1) is 6.20 Å². The van der Waals surface area contributed by atoms with Crippen molar-refractivity contribution in [2.45, 2.75) is 25.9 Å². The van der Waals surface area contributed by atoms with Gasteiger partial charge < -0.3 is 5.32 Å². The number of rotatable bonds is 6. The first kappa shape index (κ1) is 12.3. The first-order chi connectivity index (χ1) is 8.77. The van der Waals surface area contributed by atoms with E-state index in [1.807, 2.05) is 6.92 Å². The number of carbonyl (C=O) groups is 1. The summed E-state index contributed by atoms with van der Waals surface area (Å²) >= 11 is 0. The minimum Gasteiger partial charge on any atom is -0.354 e. The zero-order valence-corrected chi connectivity index (χ0v) is 10.2. The Morgan fingerprint density at radius 1 is 1.39 bits per heavy atom. The molecule has 2 heterocycles. The first-order valence-corrected chi connectivity index (χ1v) is 5.88. The third-order valence-electron chi connectivity index (χ3n) is 2.64. The molecule has 0 saturated carbocycles. The van der Waals surface area contributed by atoms with E-state index in [4.69, 9.17) is 0 Å². The molecule has 0 spiro atoms. The number of aryl methyl sites for hydroxylation is 1. The number of nitrogens with one attached hydrogen (secondary N) is 1. The highest BCUT2D eigenvalue weighted by Crippen LogP contribution is 2.02. The van der Waals surface area contributed by atoms with Crippen LogP contribution in [-0.4, -0.2) is 37.2 Å². The van der Waals surface area contributed by atoms with Crippen LogP contribution in [0.25, 0.3) is 0 Å². The SMILES string of the molecule is CC(C(=O)NCCCn1ccnn1)n1cccn1. The van der Waals surface area contributed by atoms with Gasteiger partial charge in [-0.1, -0.05) is 5.21 Å². The summed E-state index contributed by atoms with van der Waals surface area (Å²) in [6.07, 6.45) is 7.70. The lowest BCUT2D eigenvalue weighted by molar-refractivity contribution is -0.124. The summed E-state index contributed by atoms with van der Waals surface area (Å²) in [5, 5.41) is 14.5. The van der Waals surface area contributed by atoms with Gasteiger partial charge in [-0.25, -0.2) is 0 Å². The molecule has 2 aromatic rings. The third kappa shape index (κ3) is 3.16. The summed E-state index contributed by atoms with van der Waals surface area (Å²) in [6, 6.07) is 1.51. The maximum Gasteiger partial charge on any atom is 0.244 e. The molecule has 0 bridgehead atoms. The van der Waals surface area contributed by atoms with Crippen LogP contribution in [0.15, 0.2) is 30.9 Å². The van der Waals surface area contributed by atoms with Crippen molar-refractivity contribution in [1.29, 1.82) is 0 Å². The molecular weight excluding hydrogens is 232 g/mol. The molecule has 1 N–H and O–H groups in total. The van der Waals surface area contributed by atoms with Gasteiger partial charge in [0.1, 0.15) is 6.04 Å². The van der Waals surface area contributed by atoms with Crippen molar-refractivity contribution in [2.75, 3.05) is 6.54 Å². The van der Waals surface area contributed by atoms with Gasteiger partial charge in [-0.05, 0) is 19.4 Å². The molecule has 18 heavy (non-hydrogen) atoms. The third-order valence-corrected chi connectivity index (χ3v) is 2.64. The molecular formula is C11H16N6O. The van der Waals surface area contributed by atoms with Gasteiger partial charge in [0.2, 0.25) is 5.91 Å². The predicted molar refractivity (Wildman–Crippen MR) is 64.6 cm³/mol. The molecule has 1 unspecified atom stereocenters. The second-order valence-electron chi connectivity index (χ2n) is 3.97. The van der Waals surface area contributed by atoms with Crippen LogP contribution in [0.5, 0.6) is 0 Å². The molecule has 96 valence electrons. The average molecular weight is 248 g/mol. The van der Waals surface area contributed by atoms with Gasteiger partial charge in [-0.3, -0.25) is 14.2 Å². The molecule has 0 aliphatic rings. The van der Waals surface area contributed by atoms with Crippen molar-refractivity contribution in [3.05, 3.63) is 30.9 Å². The zero-order valence-electron chi connectivity index (χ0n) is 10.2. The van der Waals surface area contributed by atoms with E-state index in [0.717, 1.165) is 13.0 Å². The number of hydrogen-bond acceptors (Lipinski definition) is 4. The van der Waals surface area contributed by atoms with Gasteiger partial charge >= 0.3 is 0 Å². The Bertz CT molecular complexity index is 464. The standard InChI is InChI=1S/C11H16N6O/c1-10(17-8-3-5-14-17)11(18)12-4-2-7-16-9-6-13-15-16/h3,5-6,8-10H,2,4,7H2,1H3,(H,12,18). The van der Waals surface area contributed by atoms with Crippen LogP contribution >= 0.6 is 0 Å². The second kappa shape index (κ2) is 5.95. The normalized spacial score (nSPS) is 12.3. The topological polar surface area (TPSA) is 77.6 Å². The Morgan fingerprint density at radius 3 is 2.94 bits per heavy atom. The lowest BCUT2D eigenvalue weighted by Crippen LogP contribution is -2.32. The summed E-state index contributed by atoms with van der Waals surface area (Å²) in [6.45, 7) is 3.18. The fraction of sp³-hybridized carbons (Fsp3) is 0.455. The number of nitrogens with zero attached hydrogens (tertiary/aromatic N) is 5. The van der Waals surface area contributed by atoms with E-state index in [1.54, 1.807) is 40.2 Å². The van der Waals surface area contributed by atoms with E-state index in [0.29, 0.717) is 6.54 Å². The van der Waals surface area contributed by atoms with Crippen LogP contribution in [0.4, 0.5) is 0 Å². The highest BCUT2D eigenvalue weighted by molar-refractivity contribution is 5.79. The summed E-state index contributed by atoms with van der Waals surface area (Å²) in [4.78, 5) is 11.8. The molecule has 0 fully saturated rings. The quantitative estimate of drug-likeness (QED) is 0.743. The van der Waals surface area contributed by atoms with Crippen LogP contribution < -0.4 is 5.32 Å². The van der Waals surface area contributed by atoms with Crippen LogP contribution in [0.3, 0.4) is 0 Å². The van der Waals surface area contributed by atoms with E-state index in [1.165, 1.54) is 0 Å². The molecule has 0 aliphatic carbocycles. The molecule has 1 atom stereocenters. The second-order valence-corrected chi connectivity index (χ2v) is 3.97. The molecule has 0 radical (unpaired) electrons. The molecule has 1 amide bonds. The lowest BCUT2D eigenvalue weighted by Gasteiger charge is -2.12. The summed E-state index contributed by atoms with van der Waals surface area (Å²) < 4.78 is 3.37. The van der Waals surface area contributed by atoms with Crippen LogP contribution in [0.2, 0.25) is 0 Å². The van der Waals surface area contributed by atoms with Crippen molar-refractivity contribution in [1.82, 2.24) is 30.1 Å². The summed E-state index contributed by atoms with van der Waals surface area (Å²) in [5.41, 5.74) is 0. The van der Waals surface area contributed by atoms with Gasteiger partial charge in [-0.15, -0.1) is 5.10 Å². The van der Waals surface area contributed by atoms with Crippen LogP contribution in [0, 0.1) is 0 Å². The van der Waals surface area contributed by atoms with Crippen molar-refractivity contribution >= 4 is 5.91 Å². The Morgan fingerprint density at radius 2 is 2.28 bits per heavy atom. The Balaban J connectivity index is 1.69. The van der Waals surface area contributed by atoms with E-state index in [-0.39, 0.29) is 11.9 Å². The molecule has 7 nitrogen and oxygen atoms in total. The maximum absolute atomic E-state index is 11.8. The monoisotopic (exact) mass is 248 g/mol. The molecule has 7 heteroatoms. The lowest BCUT2D eigenvalue weighted by atomic mass is 10.3. The van der Waals surface area contributed by atoms with Crippen molar-refractivity contribution in [3.63, 3.8) is 0 Å². The minimum atomic E-state index is -0.286. The van der Waals surface area contributed by atoms with Crippen molar-refractivity contribution < 1.29 is 4.79 Å². The highest BCUT2D eigenvalue weighted by Gasteiger charge is 2.13. The van der Waals surface area contributed by atoms with E-state index in [9.17, 15) is 4.79 Å². The number of aromatic nitrogens is 5. The predicted octanol–water partition coefficient (Wildman–Crippen LogP) is 0.242. The maximum atomic E-state index is 11.8. The van der Waals surface area contributed by atoms with Gasteiger partial charge in [-0.2, -0.15) is 5.10 Å². The Hall–Kier alpha value is -2.18. The van der Waals surface area contributed by atoms with E-state index >= 15 is 0 Å². The smallest absolute Gasteiger partial charge is 0.244 e. The highest BCUT2D eigenvalue weighted by atomic mass is 16.2. The molecule has 2 rings (SSSR count). The molecule has 0 aliphatic heterocycles. The molecule has 0 saturated heterocycles. The van der Waals surface area contributed by atoms with Crippen LogP contribution in [0.1, 0.15) is 19.4 Å². The van der Waals surface area contributed by atoms with E-state index in [2.05, 4.69) is 20.7 Å². The van der Waals surface area contributed by atoms with Gasteiger partial charge in [0, 0.05) is 31.7 Å². The average Bonchev–Trinajstić information content (AvgIpc) is 3.05. The fourth-order valence-electron chi connectivity index (χ4n) is 1.58. The largest absolute Gasteiger partial charge is 0.354 e. The molecule has 0 aromatic carbocycles.